The maximum absolute atomic E-state index is 11.1. The molecule has 0 bridgehead atoms. The smallest absolute Gasteiger partial charge is 0.320 e. The lowest BCUT2D eigenvalue weighted by atomic mass is 10.1. The van der Waals surface area contributed by atoms with Gasteiger partial charge in [-0.05, 0) is 13.8 Å². The minimum Gasteiger partial charge on any atom is -0.331 e. The minimum absolute atomic E-state index is 0.0238. The van der Waals surface area contributed by atoms with Crippen molar-refractivity contribution >= 4 is 11.8 Å². The SMILES string of the molecule is Cc1ncc2c(n1)NC(=O)NC2C. The Bertz CT molecular complexity index is 363. The van der Waals surface area contributed by atoms with Crippen molar-refractivity contribution in [3.63, 3.8) is 0 Å². The Balaban J connectivity index is 2.49. The molecule has 1 atom stereocenters. The predicted molar refractivity (Wildman–Crippen MR) is 47.3 cm³/mol. The zero-order chi connectivity index (χ0) is 9.42. The summed E-state index contributed by atoms with van der Waals surface area (Å²) in [5.74, 6) is 1.27. The molecule has 0 spiro atoms. The molecule has 2 heterocycles. The summed E-state index contributed by atoms with van der Waals surface area (Å²) in [4.78, 5) is 19.3. The number of aromatic nitrogens is 2. The van der Waals surface area contributed by atoms with Crippen LogP contribution in [0.3, 0.4) is 0 Å². The van der Waals surface area contributed by atoms with E-state index in [4.69, 9.17) is 0 Å². The highest BCUT2D eigenvalue weighted by molar-refractivity contribution is 5.91. The predicted octanol–water partition coefficient (Wildman–Crippen LogP) is 0.981. The number of carbonyl (C=O) groups excluding carboxylic acids is 1. The van der Waals surface area contributed by atoms with Crippen LogP contribution in [-0.4, -0.2) is 16.0 Å². The van der Waals surface area contributed by atoms with E-state index in [1.165, 1.54) is 0 Å². The van der Waals surface area contributed by atoms with Gasteiger partial charge in [0.1, 0.15) is 11.6 Å². The molecule has 1 aromatic rings. The van der Waals surface area contributed by atoms with Crippen LogP contribution in [-0.2, 0) is 0 Å². The maximum Gasteiger partial charge on any atom is 0.320 e. The molecule has 1 aromatic heterocycles. The number of hydrogen-bond acceptors (Lipinski definition) is 3. The van der Waals surface area contributed by atoms with Gasteiger partial charge in [-0.1, -0.05) is 0 Å². The highest BCUT2D eigenvalue weighted by atomic mass is 16.2. The van der Waals surface area contributed by atoms with Crippen molar-refractivity contribution in [3.8, 4) is 0 Å². The average molecular weight is 178 g/mol. The highest BCUT2D eigenvalue weighted by Gasteiger charge is 2.21. The van der Waals surface area contributed by atoms with E-state index in [2.05, 4.69) is 20.6 Å². The third-order valence-electron chi connectivity index (χ3n) is 1.98. The van der Waals surface area contributed by atoms with Crippen LogP contribution in [0.5, 0.6) is 0 Å². The molecule has 68 valence electrons. The fourth-order valence-corrected chi connectivity index (χ4v) is 1.31. The molecule has 13 heavy (non-hydrogen) atoms. The van der Waals surface area contributed by atoms with E-state index in [9.17, 15) is 4.79 Å². The van der Waals surface area contributed by atoms with Gasteiger partial charge in [-0.15, -0.1) is 0 Å². The quantitative estimate of drug-likeness (QED) is 0.622. The monoisotopic (exact) mass is 178 g/mol. The molecule has 1 aliphatic rings. The number of nitrogens with zero attached hydrogens (tertiary/aromatic N) is 2. The number of carbonyl (C=O) groups is 1. The standard InChI is InChI=1S/C8H10N4O/c1-4-6-3-9-5(2)11-7(6)12-8(13)10-4/h3-4H,1-2H3,(H2,9,10,11,12,13). The van der Waals surface area contributed by atoms with Crippen LogP contribution >= 0.6 is 0 Å². The van der Waals surface area contributed by atoms with Crippen molar-refractivity contribution in [1.29, 1.82) is 0 Å². The molecule has 0 aliphatic carbocycles. The normalized spacial score (nSPS) is 20.2. The summed E-state index contributed by atoms with van der Waals surface area (Å²) in [5.41, 5.74) is 0.921. The Hall–Kier alpha value is -1.65. The van der Waals surface area contributed by atoms with Crippen molar-refractivity contribution in [3.05, 3.63) is 17.6 Å². The summed E-state index contributed by atoms with van der Waals surface area (Å²) in [5, 5.41) is 5.35. The first kappa shape index (κ1) is 7.97. The van der Waals surface area contributed by atoms with Crippen LogP contribution in [0.15, 0.2) is 6.20 Å². The fraction of sp³-hybridized carbons (Fsp3) is 0.375. The van der Waals surface area contributed by atoms with Crippen LogP contribution in [0.25, 0.3) is 0 Å². The van der Waals surface area contributed by atoms with Gasteiger partial charge < -0.3 is 5.32 Å². The molecule has 2 amide bonds. The number of fused-ring (bicyclic) bond motifs is 1. The third kappa shape index (κ3) is 1.32. The van der Waals surface area contributed by atoms with E-state index < -0.39 is 0 Å². The average Bonchev–Trinajstić information content (AvgIpc) is 2.02. The van der Waals surface area contributed by atoms with Crippen molar-refractivity contribution in [2.75, 3.05) is 5.32 Å². The molecule has 1 aliphatic heterocycles. The van der Waals surface area contributed by atoms with Crippen LogP contribution in [0.1, 0.15) is 24.4 Å². The summed E-state index contributed by atoms with van der Waals surface area (Å²) in [6.07, 6.45) is 1.73. The molecular weight excluding hydrogens is 168 g/mol. The first-order valence-corrected chi connectivity index (χ1v) is 4.08. The summed E-state index contributed by atoms with van der Waals surface area (Å²) in [6.45, 7) is 3.69. The van der Waals surface area contributed by atoms with E-state index in [0.717, 1.165) is 5.56 Å². The van der Waals surface area contributed by atoms with Crippen molar-refractivity contribution in [1.82, 2.24) is 15.3 Å². The number of anilines is 1. The van der Waals surface area contributed by atoms with E-state index in [1.54, 1.807) is 13.1 Å². The molecule has 0 fully saturated rings. The summed E-state index contributed by atoms with van der Waals surface area (Å²) >= 11 is 0. The second-order valence-corrected chi connectivity index (χ2v) is 3.04. The molecule has 0 saturated carbocycles. The van der Waals surface area contributed by atoms with Crippen LogP contribution in [0.2, 0.25) is 0 Å². The van der Waals surface area contributed by atoms with Gasteiger partial charge in [-0.3, -0.25) is 5.32 Å². The molecule has 5 heteroatoms. The minimum atomic E-state index is -0.210. The molecular formula is C8H10N4O. The van der Waals surface area contributed by atoms with E-state index in [1.807, 2.05) is 6.92 Å². The number of rotatable bonds is 0. The fourth-order valence-electron chi connectivity index (χ4n) is 1.31. The number of hydrogen-bond donors (Lipinski definition) is 2. The van der Waals surface area contributed by atoms with Gasteiger partial charge in [-0.2, -0.15) is 0 Å². The van der Waals surface area contributed by atoms with Gasteiger partial charge in [-0.25, -0.2) is 14.8 Å². The Kier molecular flexibility index (Phi) is 1.65. The van der Waals surface area contributed by atoms with Crippen molar-refractivity contribution in [2.24, 2.45) is 0 Å². The maximum atomic E-state index is 11.1. The van der Waals surface area contributed by atoms with E-state index in [0.29, 0.717) is 11.6 Å². The third-order valence-corrected chi connectivity index (χ3v) is 1.98. The van der Waals surface area contributed by atoms with E-state index >= 15 is 0 Å². The Labute approximate surface area is 75.6 Å². The Morgan fingerprint density at radius 2 is 2.31 bits per heavy atom. The van der Waals surface area contributed by atoms with Gasteiger partial charge in [0.15, 0.2) is 0 Å². The van der Waals surface area contributed by atoms with Gasteiger partial charge in [0.05, 0.1) is 6.04 Å². The van der Waals surface area contributed by atoms with Gasteiger partial charge in [0, 0.05) is 11.8 Å². The van der Waals surface area contributed by atoms with Gasteiger partial charge in [0.25, 0.3) is 0 Å². The number of amides is 2. The summed E-state index contributed by atoms with van der Waals surface area (Å²) in [7, 11) is 0. The highest BCUT2D eigenvalue weighted by Crippen LogP contribution is 2.23. The first-order chi connectivity index (χ1) is 6.16. The summed E-state index contributed by atoms with van der Waals surface area (Å²) < 4.78 is 0. The van der Waals surface area contributed by atoms with Crippen LogP contribution < -0.4 is 10.6 Å². The molecule has 1 unspecified atom stereocenters. The zero-order valence-electron chi connectivity index (χ0n) is 7.46. The van der Waals surface area contributed by atoms with E-state index in [-0.39, 0.29) is 12.1 Å². The molecule has 2 N–H and O–H groups in total. The second kappa shape index (κ2) is 2.69. The Morgan fingerprint density at radius 3 is 3.08 bits per heavy atom. The van der Waals surface area contributed by atoms with Crippen LogP contribution in [0, 0.1) is 6.92 Å². The van der Waals surface area contributed by atoms with Gasteiger partial charge in [0.2, 0.25) is 0 Å². The van der Waals surface area contributed by atoms with Crippen molar-refractivity contribution in [2.45, 2.75) is 19.9 Å². The number of aryl methyl sites for hydroxylation is 1. The molecule has 0 aromatic carbocycles. The lowest BCUT2D eigenvalue weighted by Gasteiger charge is -2.22. The molecule has 2 rings (SSSR count). The largest absolute Gasteiger partial charge is 0.331 e. The Morgan fingerprint density at radius 1 is 1.54 bits per heavy atom. The van der Waals surface area contributed by atoms with Gasteiger partial charge >= 0.3 is 6.03 Å². The lowest BCUT2D eigenvalue weighted by molar-refractivity contribution is 0.248. The van der Waals surface area contributed by atoms with Crippen LogP contribution in [0.4, 0.5) is 10.6 Å². The molecule has 0 radical (unpaired) electrons. The number of nitrogens with one attached hydrogen (secondary N) is 2. The lowest BCUT2D eigenvalue weighted by Crippen LogP contribution is -2.37. The molecule has 0 saturated heterocycles. The number of urea groups is 1. The first-order valence-electron chi connectivity index (χ1n) is 4.08. The topological polar surface area (TPSA) is 66.9 Å². The van der Waals surface area contributed by atoms with Crippen molar-refractivity contribution < 1.29 is 4.79 Å². The molecule has 5 nitrogen and oxygen atoms in total. The second-order valence-electron chi connectivity index (χ2n) is 3.04. The summed E-state index contributed by atoms with van der Waals surface area (Å²) in [6, 6.07) is -0.234. The zero-order valence-corrected chi connectivity index (χ0v) is 7.46.